The van der Waals surface area contributed by atoms with Crippen molar-refractivity contribution >= 4 is 17.1 Å². The number of rotatable bonds is 6. The smallest absolute Gasteiger partial charge is 0.415 e. The fraction of sp³-hybridized carbons (Fsp3) is 0.600. The summed E-state index contributed by atoms with van der Waals surface area (Å²) in [7, 11) is 0. The predicted molar refractivity (Wildman–Crippen MR) is 103 cm³/mol. The molecule has 1 amide bonds. The minimum absolute atomic E-state index is 0.187. The molecule has 0 atom stereocenters. The molecule has 0 spiro atoms. The van der Waals surface area contributed by atoms with Gasteiger partial charge in [0.05, 0.1) is 16.6 Å². The molecule has 1 aromatic carbocycles. The minimum Gasteiger partial charge on any atom is -0.491 e. The van der Waals surface area contributed by atoms with Gasteiger partial charge in [-0.15, -0.1) is 0 Å². The number of hydrogen-bond donors (Lipinski definition) is 2. The van der Waals surface area contributed by atoms with Gasteiger partial charge >= 0.3 is 12.1 Å². The molecule has 1 heterocycles. The summed E-state index contributed by atoms with van der Waals surface area (Å²) in [5.74, 6) is 1.23. The summed E-state index contributed by atoms with van der Waals surface area (Å²) in [6.07, 6.45) is 1.82. The molecule has 148 valence electrons. The highest BCUT2D eigenvalue weighted by Gasteiger charge is 2.26. The Balaban J connectivity index is 1.87. The number of aliphatic hydroxyl groups is 1. The first kappa shape index (κ1) is 19.5. The molecule has 1 aliphatic rings. The summed E-state index contributed by atoms with van der Waals surface area (Å²) in [4.78, 5) is 16.7. The molecule has 7 nitrogen and oxygen atoms in total. The third-order valence-electron chi connectivity index (χ3n) is 4.08. The van der Waals surface area contributed by atoms with Crippen LogP contribution < -0.4 is 14.8 Å². The number of imidazole rings is 1. The van der Waals surface area contributed by atoms with Gasteiger partial charge in [-0.1, -0.05) is 0 Å². The fourth-order valence-corrected chi connectivity index (χ4v) is 2.66. The Morgan fingerprint density at radius 3 is 2.59 bits per heavy atom. The summed E-state index contributed by atoms with van der Waals surface area (Å²) in [5.41, 5.74) is 0.295. The molecule has 2 N–H and O–H groups in total. The molecule has 2 aromatic rings. The quantitative estimate of drug-likeness (QED) is 0.807. The van der Waals surface area contributed by atoms with Crippen molar-refractivity contribution in [2.45, 2.75) is 65.1 Å². The SMILES string of the molecule is CC(C)(O)COc1ccc2nc(OC(=O)NC(C)(C)C)n(CC3CC3)c2c1. The highest BCUT2D eigenvalue weighted by atomic mass is 16.6. The molecule has 0 aliphatic heterocycles. The van der Waals surface area contributed by atoms with E-state index in [4.69, 9.17) is 9.47 Å². The van der Waals surface area contributed by atoms with E-state index in [1.807, 2.05) is 43.5 Å². The van der Waals surface area contributed by atoms with Crippen LogP contribution >= 0.6 is 0 Å². The largest absolute Gasteiger partial charge is 0.491 e. The van der Waals surface area contributed by atoms with Gasteiger partial charge in [0, 0.05) is 18.2 Å². The van der Waals surface area contributed by atoms with E-state index in [9.17, 15) is 9.90 Å². The molecule has 1 aromatic heterocycles. The number of fused-ring (bicyclic) bond motifs is 1. The van der Waals surface area contributed by atoms with Crippen molar-refractivity contribution in [3.63, 3.8) is 0 Å². The second-order valence-corrected chi connectivity index (χ2v) is 8.96. The number of carbonyl (C=O) groups excluding carboxylic acids is 1. The first-order valence-corrected chi connectivity index (χ1v) is 9.36. The van der Waals surface area contributed by atoms with Crippen molar-refractivity contribution in [2.24, 2.45) is 5.92 Å². The average molecular weight is 375 g/mol. The second kappa shape index (κ2) is 7.03. The van der Waals surface area contributed by atoms with Crippen molar-refractivity contribution < 1.29 is 19.4 Å². The third kappa shape index (κ3) is 5.60. The number of carbonyl (C=O) groups is 1. The van der Waals surface area contributed by atoms with E-state index >= 15 is 0 Å². The Hall–Kier alpha value is -2.28. The van der Waals surface area contributed by atoms with E-state index in [0.29, 0.717) is 17.7 Å². The van der Waals surface area contributed by atoms with Gasteiger partial charge in [-0.25, -0.2) is 4.79 Å². The van der Waals surface area contributed by atoms with Crippen LogP contribution in [0.1, 0.15) is 47.5 Å². The zero-order valence-corrected chi connectivity index (χ0v) is 16.7. The topological polar surface area (TPSA) is 85.6 Å². The zero-order chi connectivity index (χ0) is 19.8. The lowest BCUT2D eigenvalue weighted by molar-refractivity contribution is 0.0285. The van der Waals surface area contributed by atoms with Gasteiger partial charge in [0.25, 0.3) is 0 Å². The zero-order valence-electron chi connectivity index (χ0n) is 16.7. The Bertz CT molecular complexity index is 826. The van der Waals surface area contributed by atoms with Crippen molar-refractivity contribution in [3.05, 3.63) is 18.2 Å². The van der Waals surface area contributed by atoms with Crippen LogP contribution in [-0.4, -0.2) is 38.5 Å². The summed E-state index contributed by atoms with van der Waals surface area (Å²) < 4.78 is 13.1. The van der Waals surface area contributed by atoms with E-state index < -0.39 is 11.7 Å². The highest BCUT2D eigenvalue weighted by Crippen LogP contribution is 2.35. The average Bonchev–Trinajstić information content (AvgIpc) is 3.26. The molecule has 1 saturated carbocycles. The minimum atomic E-state index is -0.914. The molecule has 0 bridgehead atoms. The highest BCUT2D eigenvalue weighted by molar-refractivity contribution is 5.80. The molecule has 27 heavy (non-hydrogen) atoms. The van der Waals surface area contributed by atoms with E-state index in [-0.39, 0.29) is 12.1 Å². The normalized spacial score (nSPS) is 15.0. The van der Waals surface area contributed by atoms with Gasteiger partial charge in [0.1, 0.15) is 12.4 Å². The van der Waals surface area contributed by atoms with Crippen LogP contribution in [0.25, 0.3) is 11.0 Å². The van der Waals surface area contributed by atoms with Crippen molar-refractivity contribution in [1.29, 1.82) is 0 Å². The maximum absolute atomic E-state index is 12.2. The van der Waals surface area contributed by atoms with Crippen LogP contribution in [0.4, 0.5) is 4.79 Å². The van der Waals surface area contributed by atoms with E-state index in [1.54, 1.807) is 13.8 Å². The summed E-state index contributed by atoms with van der Waals surface area (Å²) in [6, 6.07) is 5.82. The molecular weight excluding hydrogens is 346 g/mol. The van der Waals surface area contributed by atoms with Gasteiger partial charge in [0.2, 0.25) is 0 Å². The number of ether oxygens (including phenoxy) is 2. The maximum Gasteiger partial charge on any atom is 0.415 e. The summed E-state index contributed by atoms with van der Waals surface area (Å²) in [6.45, 7) is 10.0. The van der Waals surface area contributed by atoms with Gasteiger partial charge in [-0.3, -0.25) is 4.57 Å². The Labute approximate surface area is 159 Å². The van der Waals surface area contributed by atoms with Crippen molar-refractivity contribution in [1.82, 2.24) is 14.9 Å². The number of amides is 1. The van der Waals surface area contributed by atoms with Gasteiger partial charge in [-0.2, -0.15) is 4.98 Å². The maximum atomic E-state index is 12.2. The second-order valence-electron chi connectivity index (χ2n) is 8.96. The van der Waals surface area contributed by atoms with Crippen LogP contribution in [0.15, 0.2) is 18.2 Å². The molecule has 7 heteroatoms. The number of aromatic nitrogens is 2. The molecular formula is C20H29N3O4. The number of benzene rings is 1. The summed E-state index contributed by atoms with van der Waals surface area (Å²) >= 11 is 0. The van der Waals surface area contributed by atoms with Gasteiger partial charge in [0.15, 0.2) is 0 Å². The first-order chi connectivity index (χ1) is 12.5. The van der Waals surface area contributed by atoms with E-state index in [1.165, 1.54) is 12.8 Å². The standard InChI is InChI=1S/C20H29N3O4/c1-19(2,3)22-18(24)27-17-21-15-9-8-14(26-12-20(4,5)25)10-16(15)23(17)11-13-6-7-13/h8-10,13,25H,6-7,11-12H2,1-5H3,(H,22,24). The Kier molecular flexibility index (Phi) is 5.08. The van der Waals surface area contributed by atoms with E-state index in [2.05, 4.69) is 10.3 Å². The lowest BCUT2D eigenvalue weighted by Crippen LogP contribution is -2.42. The lowest BCUT2D eigenvalue weighted by atomic mass is 10.1. The Morgan fingerprint density at radius 2 is 2.00 bits per heavy atom. The molecule has 1 aliphatic carbocycles. The van der Waals surface area contributed by atoms with Crippen molar-refractivity contribution in [2.75, 3.05) is 6.61 Å². The third-order valence-corrected chi connectivity index (χ3v) is 4.08. The predicted octanol–water partition coefficient (Wildman–Crippen LogP) is 3.48. The molecule has 0 unspecified atom stereocenters. The van der Waals surface area contributed by atoms with E-state index in [0.717, 1.165) is 17.6 Å². The molecule has 0 saturated heterocycles. The van der Waals surface area contributed by atoms with Gasteiger partial charge < -0.3 is 19.9 Å². The molecule has 0 radical (unpaired) electrons. The summed E-state index contributed by atoms with van der Waals surface area (Å²) in [5, 5.41) is 12.7. The Morgan fingerprint density at radius 1 is 1.30 bits per heavy atom. The number of hydrogen-bond acceptors (Lipinski definition) is 5. The monoisotopic (exact) mass is 375 g/mol. The molecule has 1 fully saturated rings. The first-order valence-electron chi connectivity index (χ1n) is 9.36. The van der Waals surface area contributed by atoms with Gasteiger partial charge in [-0.05, 0) is 65.5 Å². The number of nitrogens with one attached hydrogen (secondary N) is 1. The van der Waals surface area contributed by atoms with Crippen LogP contribution in [-0.2, 0) is 6.54 Å². The lowest BCUT2D eigenvalue weighted by Gasteiger charge is -2.19. The van der Waals surface area contributed by atoms with Crippen LogP contribution in [0.3, 0.4) is 0 Å². The number of nitrogens with zero attached hydrogens (tertiary/aromatic N) is 2. The van der Waals surface area contributed by atoms with Crippen LogP contribution in [0.2, 0.25) is 0 Å². The molecule has 3 rings (SSSR count). The van der Waals surface area contributed by atoms with Crippen molar-refractivity contribution in [3.8, 4) is 11.8 Å². The van der Waals surface area contributed by atoms with Crippen LogP contribution in [0, 0.1) is 5.92 Å². The van der Waals surface area contributed by atoms with Crippen LogP contribution in [0.5, 0.6) is 11.8 Å². The fourth-order valence-electron chi connectivity index (χ4n) is 2.66.